The van der Waals surface area contributed by atoms with E-state index in [2.05, 4.69) is 5.32 Å². The number of nitrogens with one attached hydrogen (secondary N) is 1. The van der Waals surface area contributed by atoms with Crippen molar-refractivity contribution >= 4 is 17.2 Å². The number of aliphatic hydroxyl groups is 1. The zero-order chi connectivity index (χ0) is 13.0. The normalized spacial score (nSPS) is 20.3. The van der Waals surface area contributed by atoms with Gasteiger partial charge in [0, 0.05) is 11.4 Å². The van der Waals surface area contributed by atoms with Gasteiger partial charge in [-0.3, -0.25) is 4.79 Å². The average molecular weight is 267 g/mol. The highest BCUT2D eigenvalue weighted by molar-refractivity contribution is 7.10. The summed E-state index contributed by atoms with van der Waals surface area (Å²) in [6.07, 6.45) is 4.93. The van der Waals surface area contributed by atoms with Crippen LogP contribution in [0, 0.1) is 0 Å². The molecule has 1 amide bonds. The van der Waals surface area contributed by atoms with Crippen LogP contribution in [0.5, 0.6) is 0 Å². The van der Waals surface area contributed by atoms with Crippen LogP contribution in [0.2, 0.25) is 0 Å². The fourth-order valence-corrected chi connectivity index (χ4v) is 3.24. The summed E-state index contributed by atoms with van der Waals surface area (Å²) in [4.78, 5) is 13.1. The van der Waals surface area contributed by atoms with Crippen molar-refractivity contribution in [2.75, 3.05) is 6.54 Å². The first-order valence-electron chi connectivity index (χ1n) is 6.64. The van der Waals surface area contributed by atoms with Crippen molar-refractivity contribution in [2.45, 2.75) is 50.5 Å². The highest BCUT2D eigenvalue weighted by atomic mass is 32.1. The second-order valence-corrected chi connectivity index (χ2v) is 6.22. The first-order valence-corrected chi connectivity index (χ1v) is 7.52. The predicted molar refractivity (Wildman–Crippen MR) is 73.8 cm³/mol. The standard InChI is InChI=1S/C14H21NO2S/c1-11(12-6-5-9-18-12)13(16)15-10-14(17)7-3-2-4-8-14/h5-6,9,11,17H,2-4,7-8,10H2,1H3,(H,15,16). The Morgan fingerprint density at radius 2 is 2.22 bits per heavy atom. The molecule has 1 fully saturated rings. The van der Waals surface area contributed by atoms with Crippen LogP contribution in [0.15, 0.2) is 17.5 Å². The van der Waals surface area contributed by atoms with E-state index in [1.165, 1.54) is 6.42 Å². The maximum atomic E-state index is 12.0. The zero-order valence-electron chi connectivity index (χ0n) is 10.8. The fraction of sp³-hybridized carbons (Fsp3) is 0.643. The molecule has 1 aromatic heterocycles. The smallest absolute Gasteiger partial charge is 0.228 e. The first kappa shape index (κ1) is 13.6. The molecule has 1 heterocycles. The molecule has 0 spiro atoms. The quantitative estimate of drug-likeness (QED) is 0.881. The highest BCUT2D eigenvalue weighted by Gasteiger charge is 2.30. The van der Waals surface area contributed by atoms with Crippen LogP contribution < -0.4 is 5.32 Å². The predicted octanol–water partition coefficient (Wildman–Crippen LogP) is 2.66. The number of hydrogen-bond acceptors (Lipinski definition) is 3. The van der Waals surface area contributed by atoms with Gasteiger partial charge >= 0.3 is 0 Å². The molecule has 1 atom stereocenters. The second kappa shape index (κ2) is 5.85. The van der Waals surface area contributed by atoms with E-state index in [0.717, 1.165) is 30.6 Å². The largest absolute Gasteiger partial charge is 0.388 e. The average Bonchev–Trinajstić information content (AvgIpc) is 2.90. The molecule has 100 valence electrons. The van der Waals surface area contributed by atoms with Crippen LogP contribution in [0.1, 0.15) is 49.8 Å². The maximum absolute atomic E-state index is 12.0. The molecule has 1 aromatic rings. The summed E-state index contributed by atoms with van der Waals surface area (Å²) >= 11 is 1.60. The van der Waals surface area contributed by atoms with E-state index in [1.807, 2.05) is 24.4 Å². The van der Waals surface area contributed by atoms with Gasteiger partial charge in [0.15, 0.2) is 0 Å². The Bertz CT molecular complexity index is 383. The Morgan fingerprint density at radius 1 is 1.50 bits per heavy atom. The minimum Gasteiger partial charge on any atom is -0.388 e. The van der Waals surface area contributed by atoms with Crippen LogP contribution in [0.3, 0.4) is 0 Å². The summed E-state index contributed by atoms with van der Waals surface area (Å²) in [5.41, 5.74) is -0.678. The second-order valence-electron chi connectivity index (χ2n) is 5.24. The summed E-state index contributed by atoms with van der Waals surface area (Å²) in [5.74, 6) is -0.117. The van der Waals surface area contributed by atoms with Crippen LogP contribution >= 0.6 is 11.3 Å². The van der Waals surface area contributed by atoms with E-state index in [9.17, 15) is 9.90 Å². The van der Waals surface area contributed by atoms with Crippen molar-refractivity contribution in [3.05, 3.63) is 22.4 Å². The molecule has 18 heavy (non-hydrogen) atoms. The SMILES string of the molecule is CC(C(=O)NCC1(O)CCCCC1)c1cccs1. The topological polar surface area (TPSA) is 49.3 Å². The van der Waals surface area contributed by atoms with Crippen LogP contribution in [0.25, 0.3) is 0 Å². The third kappa shape index (κ3) is 3.33. The van der Waals surface area contributed by atoms with Gasteiger partial charge in [-0.05, 0) is 31.2 Å². The Balaban J connectivity index is 1.84. The minimum atomic E-state index is -0.678. The monoisotopic (exact) mass is 267 g/mol. The number of thiophene rings is 1. The molecule has 3 nitrogen and oxygen atoms in total. The third-order valence-corrected chi connectivity index (χ3v) is 4.79. The van der Waals surface area contributed by atoms with Gasteiger partial charge in [-0.2, -0.15) is 0 Å². The van der Waals surface area contributed by atoms with Crippen LogP contribution in [-0.2, 0) is 4.79 Å². The molecule has 0 saturated heterocycles. The van der Waals surface area contributed by atoms with Crippen molar-refractivity contribution in [3.8, 4) is 0 Å². The van der Waals surface area contributed by atoms with E-state index in [0.29, 0.717) is 6.54 Å². The van der Waals surface area contributed by atoms with E-state index in [-0.39, 0.29) is 11.8 Å². The number of rotatable bonds is 4. The molecule has 0 aliphatic heterocycles. The lowest BCUT2D eigenvalue weighted by atomic mass is 9.85. The number of hydrogen-bond donors (Lipinski definition) is 2. The lowest BCUT2D eigenvalue weighted by Crippen LogP contribution is -2.45. The molecule has 2 N–H and O–H groups in total. The molecule has 4 heteroatoms. The lowest BCUT2D eigenvalue weighted by molar-refractivity contribution is -0.123. The summed E-state index contributed by atoms with van der Waals surface area (Å²) in [6.45, 7) is 2.30. The van der Waals surface area contributed by atoms with Crippen molar-refractivity contribution in [3.63, 3.8) is 0 Å². The molecule has 1 saturated carbocycles. The van der Waals surface area contributed by atoms with E-state index >= 15 is 0 Å². The van der Waals surface area contributed by atoms with Gasteiger partial charge in [0.1, 0.15) is 0 Å². The third-order valence-electron chi connectivity index (χ3n) is 3.74. The molecular formula is C14H21NO2S. The fourth-order valence-electron chi connectivity index (χ4n) is 2.46. The van der Waals surface area contributed by atoms with Gasteiger partial charge < -0.3 is 10.4 Å². The summed E-state index contributed by atoms with van der Waals surface area (Å²) < 4.78 is 0. The van der Waals surface area contributed by atoms with Crippen molar-refractivity contribution in [1.82, 2.24) is 5.32 Å². The highest BCUT2D eigenvalue weighted by Crippen LogP contribution is 2.27. The Hall–Kier alpha value is -0.870. The Morgan fingerprint density at radius 3 is 2.83 bits per heavy atom. The van der Waals surface area contributed by atoms with Crippen molar-refractivity contribution in [1.29, 1.82) is 0 Å². The van der Waals surface area contributed by atoms with Crippen LogP contribution in [-0.4, -0.2) is 23.2 Å². The van der Waals surface area contributed by atoms with Crippen molar-refractivity contribution in [2.24, 2.45) is 0 Å². The Labute approximate surface area is 112 Å². The molecule has 0 bridgehead atoms. The molecule has 1 unspecified atom stereocenters. The summed E-state index contributed by atoms with van der Waals surface area (Å²) in [7, 11) is 0. The summed E-state index contributed by atoms with van der Waals surface area (Å²) in [5, 5.41) is 15.2. The lowest BCUT2D eigenvalue weighted by Gasteiger charge is -2.32. The van der Waals surface area contributed by atoms with Gasteiger partial charge in [-0.25, -0.2) is 0 Å². The summed E-state index contributed by atoms with van der Waals surface area (Å²) in [6, 6.07) is 3.93. The van der Waals surface area contributed by atoms with Gasteiger partial charge in [-0.1, -0.05) is 25.3 Å². The molecule has 1 aliphatic carbocycles. The molecule has 1 aliphatic rings. The van der Waals surface area contributed by atoms with Gasteiger partial charge in [-0.15, -0.1) is 11.3 Å². The van der Waals surface area contributed by atoms with E-state index in [1.54, 1.807) is 11.3 Å². The zero-order valence-corrected chi connectivity index (χ0v) is 11.6. The number of amides is 1. The molecule has 0 aromatic carbocycles. The molecular weight excluding hydrogens is 246 g/mol. The maximum Gasteiger partial charge on any atom is 0.228 e. The number of carbonyl (C=O) groups excluding carboxylic acids is 1. The van der Waals surface area contributed by atoms with E-state index in [4.69, 9.17) is 0 Å². The van der Waals surface area contributed by atoms with Gasteiger partial charge in [0.2, 0.25) is 5.91 Å². The Kier molecular flexibility index (Phi) is 4.40. The van der Waals surface area contributed by atoms with Crippen molar-refractivity contribution < 1.29 is 9.90 Å². The first-order chi connectivity index (χ1) is 8.61. The van der Waals surface area contributed by atoms with E-state index < -0.39 is 5.60 Å². The van der Waals surface area contributed by atoms with Crippen LogP contribution in [0.4, 0.5) is 0 Å². The van der Waals surface area contributed by atoms with Gasteiger partial charge in [0.25, 0.3) is 0 Å². The van der Waals surface area contributed by atoms with Gasteiger partial charge in [0.05, 0.1) is 11.5 Å². The number of carbonyl (C=O) groups is 1. The molecule has 0 radical (unpaired) electrons. The molecule has 2 rings (SSSR count). The minimum absolute atomic E-state index is 0.0106.